The maximum absolute atomic E-state index is 11.8. The Kier molecular flexibility index (Phi) is 4.72. The van der Waals surface area contributed by atoms with Crippen LogP contribution in [0.4, 0.5) is 11.4 Å². The van der Waals surface area contributed by atoms with Crippen LogP contribution in [0.25, 0.3) is 0 Å². The van der Waals surface area contributed by atoms with Crippen LogP contribution >= 0.6 is 0 Å². The van der Waals surface area contributed by atoms with E-state index >= 15 is 0 Å². The summed E-state index contributed by atoms with van der Waals surface area (Å²) in [5, 5.41) is 5.39. The van der Waals surface area contributed by atoms with Crippen LogP contribution in [0.15, 0.2) is 48.5 Å². The summed E-state index contributed by atoms with van der Waals surface area (Å²) in [5.41, 5.74) is 3.61. The van der Waals surface area contributed by atoms with Gasteiger partial charge in [-0.3, -0.25) is 9.59 Å². The molecule has 108 valence electrons. The normalized spacial score (nSPS) is 10.0. The number of anilines is 2. The van der Waals surface area contributed by atoms with Gasteiger partial charge >= 0.3 is 0 Å². The minimum absolute atomic E-state index is 0.207. The van der Waals surface area contributed by atoms with E-state index < -0.39 is 0 Å². The number of hydrogen-bond acceptors (Lipinski definition) is 2. The van der Waals surface area contributed by atoms with Gasteiger partial charge in [-0.15, -0.1) is 0 Å². The number of nitrogens with one attached hydrogen (secondary N) is 2. The second-order valence-corrected chi connectivity index (χ2v) is 5.01. The minimum Gasteiger partial charge on any atom is -0.326 e. The van der Waals surface area contributed by atoms with Gasteiger partial charge in [0.15, 0.2) is 0 Å². The molecule has 0 unspecified atom stereocenters. The Hall–Kier alpha value is -2.62. The third kappa shape index (κ3) is 4.76. The SMILES string of the molecule is Cc1ccc(NC(=O)CC(=O)Nc2ccc(C)cc2)cc1. The lowest BCUT2D eigenvalue weighted by molar-refractivity contribution is -0.123. The van der Waals surface area contributed by atoms with Crippen molar-refractivity contribution in [2.45, 2.75) is 20.3 Å². The first-order valence-electron chi connectivity index (χ1n) is 6.76. The van der Waals surface area contributed by atoms with Gasteiger partial charge in [0, 0.05) is 11.4 Å². The summed E-state index contributed by atoms with van der Waals surface area (Å²) in [6, 6.07) is 14.9. The Morgan fingerprint density at radius 3 is 1.38 bits per heavy atom. The maximum atomic E-state index is 11.8. The molecule has 4 nitrogen and oxygen atoms in total. The predicted molar refractivity (Wildman–Crippen MR) is 84.2 cm³/mol. The fourth-order valence-corrected chi connectivity index (χ4v) is 1.83. The molecule has 4 heteroatoms. The molecule has 0 aliphatic heterocycles. The van der Waals surface area contributed by atoms with Crippen LogP contribution in [0.2, 0.25) is 0 Å². The molecule has 2 amide bonds. The molecule has 0 saturated heterocycles. The van der Waals surface area contributed by atoms with Gasteiger partial charge in [0.2, 0.25) is 11.8 Å². The average molecular weight is 282 g/mol. The van der Waals surface area contributed by atoms with Crippen LogP contribution in [-0.4, -0.2) is 11.8 Å². The van der Waals surface area contributed by atoms with E-state index in [2.05, 4.69) is 10.6 Å². The number of benzene rings is 2. The van der Waals surface area contributed by atoms with E-state index in [1.165, 1.54) is 0 Å². The second-order valence-electron chi connectivity index (χ2n) is 5.01. The molecule has 0 aliphatic rings. The van der Waals surface area contributed by atoms with Gasteiger partial charge in [0.05, 0.1) is 0 Å². The van der Waals surface area contributed by atoms with Gasteiger partial charge in [0.25, 0.3) is 0 Å². The Bertz CT molecular complexity index is 573. The molecule has 0 bridgehead atoms. The largest absolute Gasteiger partial charge is 0.326 e. The maximum Gasteiger partial charge on any atom is 0.233 e. The summed E-state index contributed by atoms with van der Waals surface area (Å²) >= 11 is 0. The second kappa shape index (κ2) is 6.70. The summed E-state index contributed by atoms with van der Waals surface area (Å²) in [7, 11) is 0. The van der Waals surface area contributed by atoms with Crippen molar-refractivity contribution in [3.63, 3.8) is 0 Å². The first-order valence-corrected chi connectivity index (χ1v) is 6.76. The first kappa shape index (κ1) is 14.8. The summed E-state index contributed by atoms with van der Waals surface area (Å²) in [4.78, 5) is 23.6. The molecule has 0 spiro atoms. The highest BCUT2D eigenvalue weighted by Gasteiger charge is 2.09. The molecule has 0 radical (unpaired) electrons. The molecule has 2 N–H and O–H groups in total. The quantitative estimate of drug-likeness (QED) is 0.846. The third-order valence-electron chi connectivity index (χ3n) is 2.99. The van der Waals surface area contributed by atoms with Crippen molar-refractivity contribution in [1.82, 2.24) is 0 Å². The van der Waals surface area contributed by atoms with E-state index in [0.29, 0.717) is 11.4 Å². The van der Waals surface area contributed by atoms with Crippen molar-refractivity contribution in [1.29, 1.82) is 0 Å². The molecule has 0 fully saturated rings. The fraction of sp³-hybridized carbons (Fsp3) is 0.176. The molecule has 0 aromatic heterocycles. The Balaban J connectivity index is 1.85. The number of amides is 2. The lowest BCUT2D eigenvalue weighted by Gasteiger charge is -2.07. The van der Waals surface area contributed by atoms with Crippen LogP contribution in [0.3, 0.4) is 0 Å². The molecule has 0 saturated carbocycles. The molecule has 2 rings (SSSR count). The molecule has 21 heavy (non-hydrogen) atoms. The number of hydrogen-bond donors (Lipinski definition) is 2. The van der Waals surface area contributed by atoms with E-state index in [9.17, 15) is 9.59 Å². The van der Waals surface area contributed by atoms with Crippen LogP contribution in [0, 0.1) is 13.8 Å². The minimum atomic E-state index is -0.330. The average Bonchev–Trinajstić information content (AvgIpc) is 2.44. The third-order valence-corrected chi connectivity index (χ3v) is 2.99. The number of aryl methyl sites for hydroxylation is 2. The summed E-state index contributed by atoms with van der Waals surface area (Å²) in [5.74, 6) is -0.660. The lowest BCUT2D eigenvalue weighted by atomic mass is 10.2. The van der Waals surface area contributed by atoms with Crippen molar-refractivity contribution in [3.05, 3.63) is 59.7 Å². The monoisotopic (exact) mass is 282 g/mol. The topological polar surface area (TPSA) is 58.2 Å². The first-order chi connectivity index (χ1) is 10.0. The van der Waals surface area contributed by atoms with Crippen molar-refractivity contribution in [2.75, 3.05) is 10.6 Å². The van der Waals surface area contributed by atoms with E-state index in [4.69, 9.17) is 0 Å². The Morgan fingerprint density at radius 1 is 0.714 bits per heavy atom. The standard InChI is InChI=1S/C17H18N2O2/c1-12-3-7-14(8-4-12)18-16(20)11-17(21)19-15-9-5-13(2)6-10-15/h3-10H,11H2,1-2H3,(H,18,20)(H,19,21). The summed E-state index contributed by atoms with van der Waals surface area (Å²) in [6.07, 6.45) is -0.207. The molecule has 0 heterocycles. The Morgan fingerprint density at radius 2 is 1.05 bits per heavy atom. The van der Waals surface area contributed by atoms with Gasteiger partial charge < -0.3 is 10.6 Å². The van der Waals surface area contributed by atoms with Crippen LogP contribution in [-0.2, 0) is 9.59 Å². The van der Waals surface area contributed by atoms with Gasteiger partial charge in [-0.2, -0.15) is 0 Å². The van der Waals surface area contributed by atoms with Crippen LogP contribution < -0.4 is 10.6 Å². The molecule has 2 aromatic carbocycles. The van der Waals surface area contributed by atoms with Crippen LogP contribution in [0.1, 0.15) is 17.5 Å². The number of carbonyl (C=O) groups excluding carboxylic acids is 2. The van der Waals surface area contributed by atoms with Crippen molar-refractivity contribution in [2.24, 2.45) is 0 Å². The number of rotatable bonds is 4. The number of carbonyl (C=O) groups is 2. The molecule has 0 atom stereocenters. The zero-order valence-electron chi connectivity index (χ0n) is 12.1. The van der Waals surface area contributed by atoms with Crippen molar-refractivity contribution in [3.8, 4) is 0 Å². The van der Waals surface area contributed by atoms with E-state index in [1.807, 2.05) is 62.4 Å². The molecular weight excluding hydrogens is 264 g/mol. The van der Waals surface area contributed by atoms with Crippen molar-refractivity contribution >= 4 is 23.2 Å². The highest BCUT2D eigenvalue weighted by atomic mass is 16.2. The molecule has 2 aromatic rings. The predicted octanol–water partition coefficient (Wildman–Crippen LogP) is 3.27. The zero-order chi connectivity index (χ0) is 15.2. The van der Waals surface area contributed by atoms with E-state index in [1.54, 1.807) is 0 Å². The highest BCUT2D eigenvalue weighted by molar-refractivity contribution is 6.08. The highest BCUT2D eigenvalue weighted by Crippen LogP contribution is 2.11. The molecular formula is C17H18N2O2. The lowest BCUT2D eigenvalue weighted by Crippen LogP contribution is -2.21. The van der Waals surface area contributed by atoms with Gasteiger partial charge in [-0.05, 0) is 38.1 Å². The van der Waals surface area contributed by atoms with Crippen molar-refractivity contribution < 1.29 is 9.59 Å². The zero-order valence-corrected chi connectivity index (χ0v) is 12.1. The van der Waals surface area contributed by atoms with Crippen LogP contribution in [0.5, 0.6) is 0 Å². The summed E-state index contributed by atoms with van der Waals surface area (Å²) < 4.78 is 0. The smallest absolute Gasteiger partial charge is 0.233 e. The fourth-order valence-electron chi connectivity index (χ4n) is 1.83. The van der Waals surface area contributed by atoms with Gasteiger partial charge in [-0.1, -0.05) is 35.4 Å². The molecule has 0 aliphatic carbocycles. The van der Waals surface area contributed by atoms with E-state index in [-0.39, 0.29) is 18.2 Å². The van der Waals surface area contributed by atoms with E-state index in [0.717, 1.165) is 11.1 Å². The Labute approximate surface area is 124 Å². The summed E-state index contributed by atoms with van der Waals surface area (Å²) in [6.45, 7) is 3.95. The van der Waals surface area contributed by atoms with Gasteiger partial charge in [-0.25, -0.2) is 0 Å². The van der Waals surface area contributed by atoms with Gasteiger partial charge in [0.1, 0.15) is 6.42 Å².